The maximum absolute atomic E-state index is 12.2. The van der Waals surface area contributed by atoms with Crippen LogP contribution in [0.5, 0.6) is 0 Å². The molecule has 0 aromatic carbocycles. The molecule has 3 heterocycles. The first kappa shape index (κ1) is 14.5. The van der Waals surface area contributed by atoms with E-state index in [1.165, 1.54) is 22.1 Å². The second-order valence-electron chi connectivity index (χ2n) is 4.79. The highest BCUT2D eigenvalue weighted by Gasteiger charge is 2.13. The quantitative estimate of drug-likeness (QED) is 0.754. The van der Waals surface area contributed by atoms with Crippen LogP contribution < -0.4 is 16.8 Å². The van der Waals surface area contributed by atoms with Gasteiger partial charge in [0.25, 0.3) is 11.1 Å². The topological polar surface area (TPSA) is 101 Å². The maximum atomic E-state index is 12.2. The van der Waals surface area contributed by atoms with Crippen LogP contribution in [-0.2, 0) is 13.0 Å². The summed E-state index contributed by atoms with van der Waals surface area (Å²) in [5.74, 6) is 0.172. The highest BCUT2D eigenvalue weighted by Crippen LogP contribution is 2.22. The van der Waals surface area contributed by atoms with Gasteiger partial charge in [-0.2, -0.15) is 0 Å². The van der Waals surface area contributed by atoms with Crippen molar-refractivity contribution < 1.29 is 0 Å². The molecule has 0 aliphatic carbocycles. The number of nitrogens with zero attached hydrogens (tertiary/aromatic N) is 2. The highest BCUT2D eigenvalue weighted by atomic mass is 32.1. The zero-order valence-electron chi connectivity index (χ0n) is 12.1. The third kappa shape index (κ3) is 2.31. The lowest BCUT2D eigenvalue weighted by Gasteiger charge is -2.04. The Morgan fingerprint density at radius 1 is 1.18 bits per heavy atom. The van der Waals surface area contributed by atoms with Gasteiger partial charge in [0.1, 0.15) is 10.7 Å². The summed E-state index contributed by atoms with van der Waals surface area (Å²) in [6.07, 6.45) is 2.23. The maximum Gasteiger partial charge on any atom is 0.328 e. The molecule has 0 aliphatic rings. The Bertz CT molecular complexity index is 1020. The van der Waals surface area contributed by atoms with Crippen molar-refractivity contribution in [2.24, 2.45) is 0 Å². The third-order valence-corrected chi connectivity index (χ3v) is 4.58. The van der Waals surface area contributed by atoms with Crippen molar-refractivity contribution in [2.45, 2.75) is 26.8 Å². The van der Waals surface area contributed by atoms with Crippen molar-refractivity contribution in [3.63, 3.8) is 0 Å². The normalized spacial score (nSPS) is 11.2. The van der Waals surface area contributed by atoms with E-state index in [0.29, 0.717) is 16.8 Å². The van der Waals surface area contributed by atoms with Crippen LogP contribution in [0.2, 0.25) is 0 Å². The highest BCUT2D eigenvalue weighted by molar-refractivity contribution is 7.18. The van der Waals surface area contributed by atoms with E-state index in [1.807, 2.05) is 13.0 Å². The third-order valence-electron chi connectivity index (χ3n) is 3.41. The minimum Gasteiger partial charge on any atom is -0.306 e. The Hall–Kier alpha value is -2.48. The largest absolute Gasteiger partial charge is 0.328 e. The van der Waals surface area contributed by atoms with Crippen LogP contribution in [0.4, 0.5) is 0 Å². The summed E-state index contributed by atoms with van der Waals surface area (Å²) >= 11 is 1.43. The number of nitrogens with one attached hydrogen (secondary N) is 2. The summed E-state index contributed by atoms with van der Waals surface area (Å²) in [6.45, 7) is 4.20. The van der Waals surface area contributed by atoms with Crippen molar-refractivity contribution in [2.75, 3.05) is 0 Å². The van der Waals surface area contributed by atoms with Gasteiger partial charge in [0.05, 0.1) is 10.9 Å². The molecule has 8 heteroatoms. The number of aromatic amines is 2. The monoisotopic (exact) mass is 318 g/mol. The second-order valence-corrected chi connectivity index (χ2v) is 5.90. The molecule has 22 heavy (non-hydrogen) atoms. The van der Waals surface area contributed by atoms with Gasteiger partial charge in [0.2, 0.25) is 0 Å². The van der Waals surface area contributed by atoms with Gasteiger partial charge < -0.3 is 9.55 Å². The number of thiophene rings is 1. The summed E-state index contributed by atoms with van der Waals surface area (Å²) in [5.41, 5.74) is -1.16. The molecule has 0 atom stereocenters. The summed E-state index contributed by atoms with van der Waals surface area (Å²) in [7, 11) is 0. The lowest BCUT2D eigenvalue weighted by atomic mass is 10.3. The molecule has 0 spiro atoms. The SMILES string of the molecule is CCc1cc2c(=O)[nH]c(-c3cn(CC)c(=O)[nH]c3=O)nc2s1. The van der Waals surface area contributed by atoms with Crippen LogP contribution in [-0.4, -0.2) is 19.5 Å². The molecule has 0 saturated heterocycles. The molecule has 0 saturated carbocycles. The predicted octanol–water partition coefficient (Wildman–Crippen LogP) is 1.08. The average Bonchev–Trinajstić information content (AvgIpc) is 2.91. The average molecular weight is 318 g/mol. The van der Waals surface area contributed by atoms with Gasteiger partial charge in [0, 0.05) is 17.6 Å². The zero-order chi connectivity index (χ0) is 15.9. The first-order valence-electron chi connectivity index (χ1n) is 6.90. The molecule has 0 amide bonds. The Kier molecular flexibility index (Phi) is 3.53. The van der Waals surface area contributed by atoms with E-state index in [9.17, 15) is 14.4 Å². The van der Waals surface area contributed by atoms with Gasteiger partial charge in [-0.3, -0.25) is 14.6 Å². The lowest BCUT2D eigenvalue weighted by molar-refractivity contribution is 0.694. The summed E-state index contributed by atoms with van der Waals surface area (Å²) in [5, 5.41) is 0.519. The molecule has 3 aromatic rings. The first-order chi connectivity index (χ1) is 10.5. The van der Waals surface area contributed by atoms with Crippen LogP contribution >= 0.6 is 11.3 Å². The van der Waals surface area contributed by atoms with E-state index >= 15 is 0 Å². The van der Waals surface area contributed by atoms with Gasteiger partial charge in [-0.15, -0.1) is 11.3 Å². The van der Waals surface area contributed by atoms with Crippen LogP contribution in [0.1, 0.15) is 18.7 Å². The van der Waals surface area contributed by atoms with E-state index < -0.39 is 11.2 Å². The zero-order valence-corrected chi connectivity index (χ0v) is 12.9. The van der Waals surface area contributed by atoms with E-state index in [0.717, 1.165) is 11.3 Å². The minimum absolute atomic E-state index is 0.172. The second kappa shape index (κ2) is 5.38. The lowest BCUT2D eigenvalue weighted by Crippen LogP contribution is -2.30. The summed E-state index contributed by atoms with van der Waals surface area (Å²) in [6, 6.07) is 1.81. The molecule has 0 bridgehead atoms. The molecule has 3 aromatic heterocycles. The van der Waals surface area contributed by atoms with E-state index in [-0.39, 0.29) is 16.9 Å². The molecule has 114 valence electrons. The number of fused-ring (bicyclic) bond motifs is 1. The molecule has 0 radical (unpaired) electrons. The molecular weight excluding hydrogens is 304 g/mol. The Labute approximate surface area is 128 Å². The van der Waals surface area contributed by atoms with Crippen LogP contribution in [0.15, 0.2) is 26.6 Å². The van der Waals surface area contributed by atoms with Gasteiger partial charge in [-0.05, 0) is 19.4 Å². The molecule has 3 rings (SSSR count). The Morgan fingerprint density at radius 2 is 1.95 bits per heavy atom. The van der Waals surface area contributed by atoms with Crippen molar-refractivity contribution in [3.8, 4) is 11.4 Å². The van der Waals surface area contributed by atoms with Crippen molar-refractivity contribution in [1.82, 2.24) is 19.5 Å². The van der Waals surface area contributed by atoms with E-state index in [1.54, 1.807) is 6.92 Å². The molecule has 0 aliphatic heterocycles. The number of H-pyrrole nitrogens is 2. The standard InChI is InChI=1S/C14H14N4O3S/c1-3-7-5-8-11(19)15-10(16-13(8)22-7)9-6-18(4-2)14(21)17-12(9)20/h5-6H,3-4H2,1-2H3,(H,15,16,19)(H,17,20,21). The van der Waals surface area contributed by atoms with Crippen molar-refractivity contribution in [1.29, 1.82) is 0 Å². The van der Waals surface area contributed by atoms with Crippen LogP contribution in [0.3, 0.4) is 0 Å². The summed E-state index contributed by atoms with van der Waals surface area (Å²) in [4.78, 5) is 46.6. The number of hydrogen-bond donors (Lipinski definition) is 2. The first-order valence-corrected chi connectivity index (χ1v) is 7.72. The van der Waals surface area contributed by atoms with Crippen LogP contribution in [0.25, 0.3) is 21.6 Å². The fourth-order valence-corrected chi connectivity index (χ4v) is 3.16. The van der Waals surface area contributed by atoms with Crippen molar-refractivity contribution in [3.05, 3.63) is 48.3 Å². The Balaban J connectivity index is 2.29. The summed E-state index contributed by atoms with van der Waals surface area (Å²) < 4.78 is 1.35. The molecular formula is C14H14N4O3S. The minimum atomic E-state index is -0.565. The molecule has 0 fully saturated rings. The Morgan fingerprint density at radius 3 is 2.64 bits per heavy atom. The number of aromatic nitrogens is 4. The smallest absolute Gasteiger partial charge is 0.306 e. The van der Waals surface area contributed by atoms with E-state index in [4.69, 9.17) is 0 Å². The molecule has 0 unspecified atom stereocenters. The van der Waals surface area contributed by atoms with E-state index in [2.05, 4.69) is 15.0 Å². The molecule has 2 N–H and O–H groups in total. The fourth-order valence-electron chi connectivity index (χ4n) is 2.20. The number of rotatable bonds is 3. The van der Waals surface area contributed by atoms with Crippen LogP contribution in [0, 0.1) is 0 Å². The van der Waals surface area contributed by atoms with Gasteiger partial charge in [0.15, 0.2) is 0 Å². The van der Waals surface area contributed by atoms with Gasteiger partial charge in [-0.1, -0.05) is 6.92 Å². The fraction of sp³-hybridized carbons (Fsp3) is 0.286. The number of aryl methyl sites for hydroxylation is 2. The molecule has 7 nitrogen and oxygen atoms in total. The predicted molar refractivity (Wildman–Crippen MR) is 85.6 cm³/mol. The van der Waals surface area contributed by atoms with Crippen molar-refractivity contribution >= 4 is 21.6 Å². The number of hydrogen-bond acceptors (Lipinski definition) is 5. The van der Waals surface area contributed by atoms with Gasteiger partial charge >= 0.3 is 5.69 Å². The van der Waals surface area contributed by atoms with Gasteiger partial charge in [-0.25, -0.2) is 9.78 Å².